The SMILES string of the molecule is CC(C)C(CN)C(=O)N(C)Cc1csc(Br)c1. The molecule has 0 spiro atoms. The number of hydrogen-bond donors (Lipinski definition) is 1. The molecule has 0 fully saturated rings. The second-order valence-corrected chi connectivity index (χ2v) is 6.83. The largest absolute Gasteiger partial charge is 0.341 e. The van der Waals surface area contributed by atoms with Gasteiger partial charge in [0.2, 0.25) is 5.91 Å². The number of carbonyl (C=O) groups excluding carboxylic acids is 1. The minimum atomic E-state index is -0.0814. The van der Waals surface area contributed by atoms with Gasteiger partial charge in [0.05, 0.1) is 9.70 Å². The van der Waals surface area contributed by atoms with Crippen LogP contribution in [0.1, 0.15) is 19.4 Å². The Morgan fingerprint density at radius 1 is 1.59 bits per heavy atom. The number of carbonyl (C=O) groups is 1. The van der Waals surface area contributed by atoms with Crippen molar-refractivity contribution in [3.8, 4) is 0 Å². The van der Waals surface area contributed by atoms with Gasteiger partial charge in [0, 0.05) is 20.1 Å². The highest BCUT2D eigenvalue weighted by atomic mass is 79.9. The van der Waals surface area contributed by atoms with Crippen LogP contribution in [0.15, 0.2) is 15.2 Å². The normalized spacial score (nSPS) is 12.8. The standard InChI is InChI=1S/C12H19BrN2OS/c1-8(2)10(5-14)12(16)15(3)6-9-4-11(13)17-7-9/h4,7-8,10H,5-6,14H2,1-3H3. The number of amides is 1. The van der Waals surface area contributed by atoms with E-state index in [1.807, 2.05) is 27.0 Å². The molecule has 0 bridgehead atoms. The third kappa shape index (κ3) is 4.08. The highest BCUT2D eigenvalue weighted by Gasteiger charge is 2.23. The molecule has 0 aromatic carbocycles. The monoisotopic (exact) mass is 318 g/mol. The lowest BCUT2D eigenvalue weighted by Gasteiger charge is -2.25. The lowest BCUT2D eigenvalue weighted by molar-refractivity contribution is -0.135. The van der Waals surface area contributed by atoms with Crippen molar-refractivity contribution in [3.63, 3.8) is 0 Å². The van der Waals surface area contributed by atoms with E-state index in [1.165, 1.54) is 0 Å². The fourth-order valence-corrected chi connectivity index (χ4v) is 2.92. The molecule has 2 N–H and O–H groups in total. The quantitative estimate of drug-likeness (QED) is 0.907. The number of halogens is 1. The summed E-state index contributed by atoms with van der Waals surface area (Å²) in [5.74, 6) is 0.330. The molecular weight excluding hydrogens is 300 g/mol. The Hall–Kier alpha value is -0.390. The molecule has 1 heterocycles. The van der Waals surface area contributed by atoms with Crippen molar-refractivity contribution >= 4 is 33.2 Å². The predicted octanol–water partition coefficient (Wildman–Crippen LogP) is 2.70. The highest BCUT2D eigenvalue weighted by Crippen LogP contribution is 2.22. The van der Waals surface area contributed by atoms with E-state index in [1.54, 1.807) is 16.2 Å². The summed E-state index contributed by atoms with van der Waals surface area (Å²) in [6.07, 6.45) is 0. The molecule has 1 unspecified atom stereocenters. The molecule has 0 saturated carbocycles. The van der Waals surface area contributed by atoms with Gasteiger partial charge in [0.1, 0.15) is 0 Å². The van der Waals surface area contributed by atoms with Gasteiger partial charge in [-0.1, -0.05) is 13.8 Å². The average Bonchev–Trinajstić information content (AvgIpc) is 2.64. The molecule has 1 aromatic heterocycles. The van der Waals surface area contributed by atoms with Crippen LogP contribution in [0, 0.1) is 11.8 Å². The summed E-state index contributed by atoms with van der Waals surface area (Å²) in [5, 5.41) is 2.06. The van der Waals surface area contributed by atoms with Gasteiger partial charge in [-0.3, -0.25) is 4.79 Å². The van der Waals surface area contributed by atoms with E-state index in [0.717, 1.165) is 9.35 Å². The van der Waals surface area contributed by atoms with Crippen LogP contribution in [0.5, 0.6) is 0 Å². The van der Waals surface area contributed by atoms with Gasteiger partial charge in [-0.25, -0.2) is 0 Å². The molecule has 0 aliphatic heterocycles. The molecule has 5 heteroatoms. The molecule has 1 amide bonds. The minimum Gasteiger partial charge on any atom is -0.341 e. The zero-order valence-corrected chi connectivity index (χ0v) is 12.8. The number of thiophene rings is 1. The van der Waals surface area contributed by atoms with Crippen molar-refractivity contribution < 1.29 is 4.79 Å². The second kappa shape index (κ2) is 6.52. The first-order chi connectivity index (χ1) is 7.95. The van der Waals surface area contributed by atoms with E-state index >= 15 is 0 Å². The lowest BCUT2D eigenvalue weighted by atomic mass is 9.94. The Kier molecular flexibility index (Phi) is 5.62. The first-order valence-electron chi connectivity index (χ1n) is 5.63. The molecule has 3 nitrogen and oxygen atoms in total. The van der Waals surface area contributed by atoms with Crippen molar-refractivity contribution in [2.24, 2.45) is 17.6 Å². The molecule has 0 aliphatic rings. The van der Waals surface area contributed by atoms with E-state index in [2.05, 4.69) is 21.3 Å². The first-order valence-corrected chi connectivity index (χ1v) is 7.31. The van der Waals surface area contributed by atoms with Crippen molar-refractivity contribution in [3.05, 3.63) is 20.8 Å². The summed E-state index contributed by atoms with van der Waals surface area (Å²) < 4.78 is 1.09. The zero-order chi connectivity index (χ0) is 13.0. The number of rotatable bonds is 5. The molecule has 1 atom stereocenters. The molecule has 17 heavy (non-hydrogen) atoms. The Labute approximate surface area is 115 Å². The Morgan fingerprint density at radius 2 is 2.24 bits per heavy atom. The van der Waals surface area contributed by atoms with Gasteiger partial charge in [0.25, 0.3) is 0 Å². The number of hydrogen-bond acceptors (Lipinski definition) is 3. The first kappa shape index (κ1) is 14.7. The van der Waals surface area contributed by atoms with E-state index < -0.39 is 0 Å². The summed E-state index contributed by atoms with van der Waals surface area (Å²) in [4.78, 5) is 13.9. The molecule has 1 rings (SSSR count). The maximum absolute atomic E-state index is 12.2. The van der Waals surface area contributed by atoms with Crippen LogP contribution < -0.4 is 5.73 Å². The fourth-order valence-electron chi connectivity index (χ4n) is 1.72. The van der Waals surface area contributed by atoms with Gasteiger partial charge >= 0.3 is 0 Å². The van der Waals surface area contributed by atoms with Gasteiger partial charge in [-0.2, -0.15) is 0 Å². The Bertz CT molecular complexity index is 378. The van der Waals surface area contributed by atoms with Crippen LogP contribution in [0.25, 0.3) is 0 Å². The topological polar surface area (TPSA) is 46.3 Å². The Balaban J connectivity index is 2.63. The van der Waals surface area contributed by atoms with Crippen molar-refractivity contribution in [1.82, 2.24) is 4.90 Å². The summed E-state index contributed by atoms with van der Waals surface area (Å²) in [6.45, 7) is 5.12. The molecule has 1 aromatic rings. The summed E-state index contributed by atoms with van der Waals surface area (Å²) in [7, 11) is 1.83. The van der Waals surface area contributed by atoms with Crippen LogP contribution in [-0.2, 0) is 11.3 Å². The van der Waals surface area contributed by atoms with Crippen molar-refractivity contribution in [1.29, 1.82) is 0 Å². The molecule has 0 aliphatic carbocycles. The van der Waals surface area contributed by atoms with Crippen LogP contribution in [-0.4, -0.2) is 24.4 Å². The maximum atomic E-state index is 12.2. The number of nitrogens with zero attached hydrogens (tertiary/aromatic N) is 1. The van der Waals surface area contributed by atoms with Crippen LogP contribution in [0.4, 0.5) is 0 Å². The van der Waals surface area contributed by atoms with Crippen LogP contribution in [0.3, 0.4) is 0 Å². The molecule has 0 radical (unpaired) electrons. The van der Waals surface area contributed by atoms with Gasteiger partial charge in [-0.05, 0) is 38.9 Å². The van der Waals surface area contributed by atoms with Gasteiger partial charge in [-0.15, -0.1) is 11.3 Å². The third-order valence-electron chi connectivity index (χ3n) is 2.79. The fraction of sp³-hybridized carbons (Fsp3) is 0.583. The maximum Gasteiger partial charge on any atom is 0.227 e. The molecule has 96 valence electrons. The van der Waals surface area contributed by atoms with Crippen LogP contribution >= 0.6 is 27.3 Å². The molecule has 0 saturated heterocycles. The van der Waals surface area contributed by atoms with Gasteiger partial charge < -0.3 is 10.6 Å². The average molecular weight is 319 g/mol. The van der Waals surface area contributed by atoms with Gasteiger partial charge in [0.15, 0.2) is 0 Å². The minimum absolute atomic E-state index is 0.0814. The Morgan fingerprint density at radius 3 is 2.65 bits per heavy atom. The van der Waals surface area contributed by atoms with Crippen LogP contribution in [0.2, 0.25) is 0 Å². The summed E-state index contributed by atoms with van der Waals surface area (Å²) in [5.41, 5.74) is 6.81. The smallest absolute Gasteiger partial charge is 0.227 e. The van der Waals surface area contributed by atoms with E-state index in [-0.39, 0.29) is 17.7 Å². The van der Waals surface area contributed by atoms with E-state index in [4.69, 9.17) is 5.73 Å². The number of nitrogens with two attached hydrogens (primary N) is 1. The van der Waals surface area contributed by atoms with E-state index in [0.29, 0.717) is 13.1 Å². The second-order valence-electron chi connectivity index (χ2n) is 4.54. The molecular formula is C12H19BrN2OS. The summed E-state index contributed by atoms with van der Waals surface area (Å²) >= 11 is 5.05. The highest BCUT2D eigenvalue weighted by molar-refractivity contribution is 9.11. The zero-order valence-electron chi connectivity index (χ0n) is 10.4. The van der Waals surface area contributed by atoms with Crippen molar-refractivity contribution in [2.45, 2.75) is 20.4 Å². The third-order valence-corrected chi connectivity index (χ3v) is 4.35. The summed E-state index contributed by atoms with van der Waals surface area (Å²) in [6, 6.07) is 2.04. The lowest BCUT2D eigenvalue weighted by Crippen LogP contribution is -2.38. The van der Waals surface area contributed by atoms with Crippen molar-refractivity contribution in [2.75, 3.05) is 13.6 Å². The van der Waals surface area contributed by atoms with E-state index in [9.17, 15) is 4.79 Å². The predicted molar refractivity (Wildman–Crippen MR) is 75.9 cm³/mol.